The lowest BCUT2D eigenvalue weighted by atomic mass is 10.2. The topological polar surface area (TPSA) is 78.9 Å². The summed E-state index contributed by atoms with van der Waals surface area (Å²) in [4.78, 5) is 24.0. The van der Waals surface area contributed by atoms with Gasteiger partial charge >= 0.3 is 12.1 Å². The molecule has 1 rings (SSSR count). The number of carbonyl (C=O) groups is 2. The monoisotopic (exact) mass is 294 g/mol. The highest BCUT2D eigenvalue weighted by atomic mass is 16.5. The van der Waals surface area contributed by atoms with Crippen molar-refractivity contribution in [2.24, 2.45) is 0 Å². The van der Waals surface area contributed by atoms with Crippen LogP contribution in [0, 0.1) is 0 Å². The molecule has 0 aliphatic carbocycles. The number of hydrogen-bond donors (Lipinski definition) is 2. The normalized spacial score (nSPS) is 10.4. The second kappa shape index (κ2) is 9.77. The summed E-state index contributed by atoms with van der Waals surface area (Å²) in [5.74, 6) is -0.866. The molecule has 2 N–H and O–H groups in total. The van der Waals surface area contributed by atoms with Gasteiger partial charge in [-0.25, -0.2) is 4.79 Å². The third-order valence-corrected chi connectivity index (χ3v) is 2.81. The Morgan fingerprint density at radius 3 is 2.57 bits per heavy atom. The molecule has 0 spiro atoms. The Balaban J connectivity index is 2.21. The predicted octanol–water partition coefficient (Wildman–Crippen LogP) is 1.71. The lowest BCUT2D eigenvalue weighted by Crippen LogP contribution is -2.38. The molecule has 1 amide bonds. The molecule has 0 bridgehead atoms. The number of ether oxygens (including phenoxy) is 1. The van der Waals surface area contributed by atoms with Gasteiger partial charge in [-0.05, 0) is 18.5 Å². The smallest absolute Gasteiger partial charge is 0.407 e. The fraction of sp³-hybridized carbons (Fsp3) is 0.467. The molecule has 1 aromatic rings. The Morgan fingerprint density at radius 1 is 1.24 bits per heavy atom. The van der Waals surface area contributed by atoms with Crippen LogP contribution in [0.25, 0.3) is 0 Å². The Morgan fingerprint density at radius 2 is 1.95 bits per heavy atom. The van der Waals surface area contributed by atoms with Crippen molar-refractivity contribution in [3.63, 3.8) is 0 Å². The zero-order valence-corrected chi connectivity index (χ0v) is 12.2. The van der Waals surface area contributed by atoms with E-state index in [2.05, 4.69) is 5.32 Å². The summed E-state index contributed by atoms with van der Waals surface area (Å²) in [6.07, 6.45) is 0.372. The van der Waals surface area contributed by atoms with Crippen LogP contribution < -0.4 is 5.32 Å². The number of hydrogen-bond acceptors (Lipinski definition) is 4. The van der Waals surface area contributed by atoms with Crippen LogP contribution in [0.4, 0.5) is 4.79 Å². The first-order chi connectivity index (χ1) is 10.1. The Kier molecular flexibility index (Phi) is 7.89. The van der Waals surface area contributed by atoms with Crippen molar-refractivity contribution in [2.45, 2.75) is 20.0 Å². The Labute approximate surface area is 124 Å². The second-order valence-electron chi connectivity index (χ2n) is 4.66. The number of alkyl carbamates (subject to hydrolysis) is 1. The minimum absolute atomic E-state index is 0.0193. The van der Waals surface area contributed by atoms with Gasteiger partial charge < -0.3 is 15.2 Å². The minimum atomic E-state index is -0.866. The molecule has 0 saturated carbocycles. The molecule has 0 unspecified atom stereocenters. The first kappa shape index (κ1) is 17.0. The van der Waals surface area contributed by atoms with Gasteiger partial charge in [0.2, 0.25) is 0 Å². The van der Waals surface area contributed by atoms with E-state index in [1.165, 1.54) is 0 Å². The maximum Gasteiger partial charge on any atom is 0.407 e. The number of nitrogens with zero attached hydrogens (tertiary/aromatic N) is 1. The van der Waals surface area contributed by atoms with Crippen molar-refractivity contribution in [1.82, 2.24) is 10.2 Å². The molecule has 0 aliphatic rings. The Bertz CT molecular complexity index is 437. The number of amides is 1. The van der Waals surface area contributed by atoms with E-state index in [1.807, 2.05) is 37.3 Å². The van der Waals surface area contributed by atoms with Gasteiger partial charge in [-0.2, -0.15) is 0 Å². The molecule has 0 aromatic heterocycles. The standard InChI is InChI=1S/C15H22N2O4/c1-2-9-17(11-14(18)19)10-8-16-15(20)21-12-13-6-4-3-5-7-13/h3-7H,2,8-12H2,1H3,(H,16,20)(H,18,19). The first-order valence-electron chi connectivity index (χ1n) is 7.00. The molecule has 1 aromatic carbocycles. The summed E-state index contributed by atoms with van der Waals surface area (Å²) >= 11 is 0. The van der Waals surface area contributed by atoms with Crippen LogP contribution >= 0.6 is 0 Å². The van der Waals surface area contributed by atoms with Gasteiger partial charge in [-0.3, -0.25) is 9.69 Å². The highest BCUT2D eigenvalue weighted by Gasteiger charge is 2.09. The van der Waals surface area contributed by atoms with Gasteiger partial charge in [0, 0.05) is 13.1 Å². The highest BCUT2D eigenvalue weighted by molar-refractivity contribution is 5.69. The molecular weight excluding hydrogens is 272 g/mol. The van der Waals surface area contributed by atoms with Crippen molar-refractivity contribution in [3.8, 4) is 0 Å². The van der Waals surface area contributed by atoms with Crippen LogP contribution in [0.15, 0.2) is 30.3 Å². The van der Waals surface area contributed by atoms with Crippen molar-refractivity contribution in [2.75, 3.05) is 26.2 Å². The van der Waals surface area contributed by atoms with Crippen molar-refractivity contribution < 1.29 is 19.4 Å². The zero-order valence-electron chi connectivity index (χ0n) is 12.2. The van der Waals surface area contributed by atoms with Gasteiger partial charge in [0.25, 0.3) is 0 Å². The fourth-order valence-corrected chi connectivity index (χ4v) is 1.87. The first-order valence-corrected chi connectivity index (χ1v) is 7.00. The summed E-state index contributed by atoms with van der Waals surface area (Å²) < 4.78 is 5.07. The maximum atomic E-state index is 11.5. The fourth-order valence-electron chi connectivity index (χ4n) is 1.87. The van der Waals surface area contributed by atoms with E-state index in [0.29, 0.717) is 19.6 Å². The van der Waals surface area contributed by atoms with E-state index in [0.717, 1.165) is 12.0 Å². The zero-order chi connectivity index (χ0) is 15.5. The van der Waals surface area contributed by atoms with Gasteiger partial charge in [-0.1, -0.05) is 37.3 Å². The summed E-state index contributed by atoms with van der Waals surface area (Å²) in [5, 5.41) is 11.4. The molecule has 0 heterocycles. The van der Waals surface area contributed by atoms with Crippen molar-refractivity contribution in [1.29, 1.82) is 0 Å². The Hall–Kier alpha value is -2.08. The largest absolute Gasteiger partial charge is 0.480 e. The number of benzene rings is 1. The van der Waals surface area contributed by atoms with Crippen molar-refractivity contribution in [3.05, 3.63) is 35.9 Å². The number of aliphatic carboxylic acids is 1. The third kappa shape index (κ3) is 7.94. The minimum Gasteiger partial charge on any atom is -0.480 e. The van der Waals surface area contributed by atoms with Crippen molar-refractivity contribution >= 4 is 12.1 Å². The van der Waals surface area contributed by atoms with E-state index in [4.69, 9.17) is 9.84 Å². The quantitative estimate of drug-likeness (QED) is 0.725. The second-order valence-corrected chi connectivity index (χ2v) is 4.66. The number of carboxylic acids is 1. The van der Waals surface area contributed by atoms with E-state index in [1.54, 1.807) is 4.90 Å². The number of carbonyl (C=O) groups excluding carboxylic acids is 1. The molecule has 0 aliphatic heterocycles. The molecular formula is C15H22N2O4. The molecule has 21 heavy (non-hydrogen) atoms. The van der Waals surface area contributed by atoms with E-state index in [9.17, 15) is 9.59 Å². The van der Waals surface area contributed by atoms with E-state index < -0.39 is 12.1 Å². The van der Waals surface area contributed by atoms with Gasteiger partial charge in [0.15, 0.2) is 0 Å². The molecule has 116 valence electrons. The average Bonchev–Trinajstić information content (AvgIpc) is 2.46. The predicted molar refractivity (Wildman–Crippen MR) is 79.0 cm³/mol. The molecule has 0 atom stereocenters. The molecule has 6 nitrogen and oxygen atoms in total. The van der Waals surface area contributed by atoms with Gasteiger partial charge in [0.1, 0.15) is 6.61 Å². The third-order valence-electron chi connectivity index (χ3n) is 2.81. The van der Waals surface area contributed by atoms with Crippen LogP contribution in [0.5, 0.6) is 0 Å². The van der Waals surface area contributed by atoms with Crippen LogP contribution in [0.1, 0.15) is 18.9 Å². The van der Waals surface area contributed by atoms with E-state index in [-0.39, 0.29) is 13.2 Å². The molecule has 0 saturated heterocycles. The van der Waals surface area contributed by atoms with Crippen LogP contribution in [0.3, 0.4) is 0 Å². The van der Waals surface area contributed by atoms with Crippen LogP contribution in [0.2, 0.25) is 0 Å². The number of rotatable bonds is 9. The summed E-state index contributed by atoms with van der Waals surface area (Å²) in [6.45, 7) is 3.72. The summed E-state index contributed by atoms with van der Waals surface area (Å²) in [7, 11) is 0. The number of nitrogens with one attached hydrogen (secondary N) is 1. The van der Waals surface area contributed by atoms with Gasteiger partial charge in [0.05, 0.1) is 6.54 Å². The molecule has 6 heteroatoms. The van der Waals surface area contributed by atoms with Crippen LogP contribution in [-0.4, -0.2) is 48.2 Å². The lowest BCUT2D eigenvalue weighted by molar-refractivity contribution is -0.138. The lowest BCUT2D eigenvalue weighted by Gasteiger charge is -2.19. The maximum absolute atomic E-state index is 11.5. The van der Waals surface area contributed by atoms with Crippen LogP contribution in [-0.2, 0) is 16.1 Å². The summed E-state index contributed by atoms with van der Waals surface area (Å²) in [6, 6.07) is 9.41. The van der Waals surface area contributed by atoms with E-state index >= 15 is 0 Å². The number of carboxylic acid groups (broad SMARTS) is 1. The highest BCUT2D eigenvalue weighted by Crippen LogP contribution is 2.00. The molecule has 0 fully saturated rings. The molecule has 0 radical (unpaired) electrons. The van der Waals surface area contributed by atoms with Gasteiger partial charge in [-0.15, -0.1) is 0 Å². The average molecular weight is 294 g/mol. The SMILES string of the molecule is CCCN(CCNC(=O)OCc1ccccc1)CC(=O)O. The summed E-state index contributed by atoms with van der Waals surface area (Å²) in [5.41, 5.74) is 0.922.